The first-order valence-corrected chi connectivity index (χ1v) is 11.8. The Morgan fingerprint density at radius 1 is 1.15 bits per heavy atom. The van der Waals surface area contributed by atoms with Gasteiger partial charge in [0.25, 0.3) is 5.91 Å². The lowest BCUT2D eigenvalue weighted by Crippen LogP contribution is -2.49. The molecule has 1 aliphatic rings. The van der Waals surface area contributed by atoms with E-state index < -0.39 is 6.10 Å². The van der Waals surface area contributed by atoms with Crippen molar-refractivity contribution in [3.8, 4) is 5.88 Å². The number of likely N-dealkylation sites (N-methyl/N-ethyl adjacent to an activating group) is 1. The number of aromatic nitrogens is 1. The predicted octanol–water partition coefficient (Wildman–Crippen LogP) is 4.03. The van der Waals surface area contributed by atoms with Gasteiger partial charge in [-0.05, 0) is 36.7 Å². The highest BCUT2D eigenvalue weighted by atomic mass is 35.5. The van der Waals surface area contributed by atoms with Crippen LogP contribution >= 0.6 is 23.2 Å². The highest BCUT2D eigenvalue weighted by molar-refractivity contribution is 6.35. The summed E-state index contributed by atoms with van der Waals surface area (Å²) in [6.07, 6.45) is 1.10. The topological polar surface area (TPSA) is 86.8 Å². The molecule has 8 nitrogen and oxygen atoms in total. The van der Waals surface area contributed by atoms with Crippen LogP contribution in [0.15, 0.2) is 36.5 Å². The Kier molecular flexibility index (Phi) is 9.17. The zero-order valence-electron chi connectivity index (χ0n) is 18.8. The lowest BCUT2D eigenvalue weighted by atomic mass is 10.2. The number of amides is 3. The first kappa shape index (κ1) is 25.1. The van der Waals surface area contributed by atoms with E-state index in [4.69, 9.17) is 27.9 Å². The Balaban J connectivity index is 1.53. The molecule has 10 heteroatoms. The van der Waals surface area contributed by atoms with Crippen LogP contribution in [0.5, 0.6) is 5.88 Å². The summed E-state index contributed by atoms with van der Waals surface area (Å²) in [7, 11) is 0. The molecule has 1 aromatic heterocycles. The number of hydrogen-bond donors (Lipinski definition) is 2. The fraction of sp³-hybridized carbons (Fsp3) is 0.435. The van der Waals surface area contributed by atoms with Crippen LogP contribution < -0.4 is 15.4 Å². The van der Waals surface area contributed by atoms with Crippen LogP contribution in [-0.4, -0.2) is 65.5 Å². The first-order valence-electron chi connectivity index (χ1n) is 11.0. The summed E-state index contributed by atoms with van der Waals surface area (Å²) in [5.41, 5.74) is 1.54. The van der Waals surface area contributed by atoms with Gasteiger partial charge in [0.2, 0.25) is 5.88 Å². The van der Waals surface area contributed by atoms with E-state index in [1.807, 2.05) is 36.1 Å². The number of anilines is 1. The molecule has 1 aromatic carbocycles. The maximum Gasteiger partial charge on any atom is 0.321 e. The minimum atomic E-state index is -0.749. The summed E-state index contributed by atoms with van der Waals surface area (Å²) in [6.45, 7) is 8.43. The number of carbonyl (C=O) groups is 2. The summed E-state index contributed by atoms with van der Waals surface area (Å²) in [6, 6.07) is 8.81. The molecule has 0 saturated carbocycles. The van der Waals surface area contributed by atoms with Crippen LogP contribution in [0.3, 0.4) is 0 Å². The molecule has 1 atom stereocenters. The molecule has 178 valence electrons. The molecule has 0 bridgehead atoms. The van der Waals surface area contributed by atoms with Gasteiger partial charge < -0.3 is 25.2 Å². The van der Waals surface area contributed by atoms with Crippen molar-refractivity contribution in [1.29, 1.82) is 0 Å². The Morgan fingerprint density at radius 3 is 2.58 bits per heavy atom. The molecular formula is C23H29Cl2N5O3. The highest BCUT2D eigenvalue weighted by Crippen LogP contribution is 2.26. The molecule has 1 unspecified atom stereocenters. The quantitative estimate of drug-likeness (QED) is 0.579. The van der Waals surface area contributed by atoms with Crippen molar-refractivity contribution in [2.24, 2.45) is 0 Å². The van der Waals surface area contributed by atoms with Crippen LogP contribution in [0.25, 0.3) is 0 Å². The van der Waals surface area contributed by atoms with Crippen molar-refractivity contribution < 1.29 is 14.3 Å². The standard InChI is InChI=1S/C23H29Cl2N5O3/c1-3-20(33-22-19(25)13-17(24)15-27-22)21(31)26-14-16-6-5-7-18(12-16)28-23(32)30-10-8-29(4-2)9-11-30/h5-7,12-13,15,20H,3-4,8-11,14H2,1-2H3,(H,26,31)(H,28,32). The van der Waals surface area contributed by atoms with E-state index in [0.717, 1.165) is 25.2 Å². The molecule has 2 heterocycles. The number of nitrogens with zero attached hydrogens (tertiary/aromatic N) is 3. The second-order valence-electron chi connectivity index (χ2n) is 7.72. The van der Waals surface area contributed by atoms with Crippen LogP contribution in [-0.2, 0) is 11.3 Å². The number of pyridine rings is 1. The largest absolute Gasteiger partial charge is 0.463 e. The number of benzene rings is 1. The van der Waals surface area contributed by atoms with Crippen LogP contribution in [0.2, 0.25) is 10.0 Å². The molecule has 2 aromatic rings. The summed E-state index contributed by atoms with van der Waals surface area (Å²) in [5.74, 6) is -0.124. The maximum atomic E-state index is 12.6. The summed E-state index contributed by atoms with van der Waals surface area (Å²) >= 11 is 11.9. The zero-order chi connectivity index (χ0) is 23.8. The molecule has 2 N–H and O–H groups in total. The van der Waals surface area contributed by atoms with Crippen molar-refractivity contribution in [3.05, 3.63) is 52.1 Å². The van der Waals surface area contributed by atoms with Gasteiger partial charge in [-0.2, -0.15) is 0 Å². The third kappa shape index (κ3) is 7.22. The molecule has 1 saturated heterocycles. The SMILES string of the molecule is CCC(Oc1ncc(Cl)cc1Cl)C(=O)NCc1cccc(NC(=O)N2CCN(CC)CC2)c1. The third-order valence-electron chi connectivity index (χ3n) is 5.44. The van der Waals surface area contributed by atoms with E-state index in [2.05, 4.69) is 27.4 Å². The van der Waals surface area contributed by atoms with Gasteiger partial charge in [-0.1, -0.05) is 49.2 Å². The minimum absolute atomic E-state index is 0.112. The van der Waals surface area contributed by atoms with Gasteiger partial charge in [0, 0.05) is 44.6 Å². The zero-order valence-corrected chi connectivity index (χ0v) is 20.3. The molecule has 1 fully saturated rings. The summed E-state index contributed by atoms with van der Waals surface area (Å²) < 4.78 is 5.68. The van der Waals surface area contributed by atoms with Gasteiger partial charge in [0.15, 0.2) is 6.10 Å². The predicted molar refractivity (Wildman–Crippen MR) is 130 cm³/mol. The fourth-order valence-corrected chi connectivity index (χ4v) is 3.90. The molecule has 33 heavy (non-hydrogen) atoms. The molecule has 3 rings (SSSR count). The monoisotopic (exact) mass is 493 g/mol. The second kappa shape index (κ2) is 12.1. The molecule has 1 aliphatic heterocycles. The number of nitrogens with one attached hydrogen (secondary N) is 2. The Labute approximate surface area is 204 Å². The van der Waals surface area contributed by atoms with Crippen LogP contribution in [0, 0.1) is 0 Å². The average Bonchev–Trinajstić information content (AvgIpc) is 2.82. The van der Waals surface area contributed by atoms with Gasteiger partial charge in [-0.25, -0.2) is 9.78 Å². The lowest BCUT2D eigenvalue weighted by Gasteiger charge is -2.34. The average molecular weight is 494 g/mol. The molecule has 0 spiro atoms. The van der Waals surface area contributed by atoms with E-state index in [-0.39, 0.29) is 22.8 Å². The number of hydrogen-bond acceptors (Lipinski definition) is 5. The Morgan fingerprint density at radius 2 is 1.91 bits per heavy atom. The van der Waals surface area contributed by atoms with Gasteiger partial charge in [-0.15, -0.1) is 0 Å². The van der Waals surface area contributed by atoms with E-state index in [0.29, 0.717) is 36.8 Å². The van der Waals surface area contributed by atoms with E-state index in [1.54, 1.807) is 0 Å². The number of ether oxygens (including phenoxy) is 1. The number of piperazine rings is 1. The van der Waals surface area contributed by atoms with E-state index >= 15 is 0 Å². The molecule has 0 radical (unpaired) electrons. The van der Waals surface area contributed by atoms with Crippen molar-refractivity contribution >= 4 is 40.8 Å². The maximum absolute atomic E-state index is 12.6. The van der Waals surface area contributed by atoms with Crippen LogP contribution in [0.1, 0.15) is 25.8 Å². The smallest absolute Gasteiger partial charge is 0.321 e. The number of carbonyl (C=O) groups excluding carboxylic acids is 2. The van der Waals surface area contributed by atoms with Gasteiger partial charge >= 0.3 is 6.03 Å². The van der Waals surface area contributed by atoms with Crippen LogP contribution in [0.4, 0.5) is 10.5 Å². The first-order chi connectivity index (χ1) is 15.9. The Bertz CT molecular complexity index is 967. The lowest BCUT2D eigenvalue weighted by molar-refractivity contribution is -0.128. The normalized spacial score (nSPS) is 15.1. The van der Waals surface area contributed by atoms with E-state index in [1.165, 1.54) is 12.3 Å². The minimum Gasteiger partial charge on any atom is -0.463 e. The molecule has 3 amide bonds. The van der Waals surface area contributed by atoms with Gasteiger partial charge in [0.05, 0.1) is 5.02 Å². The third-order valence-corrected chi connectivity index (χ3v) is 5.92. The van der Waals surface area contributed by atoms with Crippen molar-refractivity contribution in [3.63, 3.8) is 0 Å². The summed E-state index contributed by atoms with van der Waals surface area (Å²) in [5, 5.41) is 6.45. The van der Waals surface area contributed by atoms with Crippen molar-refractivity contribution in [2.75, 3.05) is 38.0 Å². The van der Waals surface area contributed by atoms with Gasteiger partial charge in [0.1, 0.15) is 5.02 Å². The highest BCUT2D eigenvalue weighted by Gasteiger charge is 2.21. The number of urea groups is 1. The molecule has 0 aliphatic carbocycles. The second-order valence-corrected chi connectivity index (χ2v) is 8.57. The van der Waals surface area contributed by atoms with Crippen molar-refractivity contribution in [2.45, 2.75) is 32.9 Å². The molecular weight excluding hydrogens is 465 g/mol. The van der Waals surface area contributed by atoms with Crippen molar-refractivity contribution in [1.82, 2.24) is 20.1 Å². The Hall–Kier alpha value is -2.55. The van der Waals surface area contributed by atoms with E-state index in [9.17, 15) is 9.59 Å². The fourth-order valence-electron chi connectivity index (χ4n) is 3.48. The number of rotatable bonds is 8. The number of halogens is 2. The van der Waals surface area contributed by atoms with Gasteiger partial charge in [-0.3, -0.25) is 4.79 Å². The summed E-state index contributed by atoms with van der Waals surface area (Å²) in [4.78, 5) is 33.4.